The lowest BCUT2D eigenvalue weighted by Gasteiger charge is -2.26. The Morgan fingerprint density at radius 1 is 1.58 bits per heavy atom. The Bertz CT molecular complexity index is 452. The van der Waals surface area contributed by atoms with E-state index in [4.69, 9.17) is 5.73 Å². The average Bonchev–Trinajstić information content (AvgIpc) is 2.75. The van der Waals surface area contributed by atoms with Crippen LogP contribution in [-0.4, -0.2) is 32.3 Å². The molecule has 1 saturated carbocycles. The summed E-state index contributed by atoms with van der Waals surface area (Å²) in [4.78, 5) is 19.7. The predicted molar refractivity (Wildman–Crippen MR) is 74.0 cm³/mol. The van der Waals surface area contributed by atoms with Crippen molar-refractivity contribution in [2.24, 2.45) is 11.7 Å². The van der Waals surface area contributed by atoms with Gasteiger partial charge in [-0.2, -0.15) is 0 Å². The molecular weight excluding hydrogens is 262 g/mol. The van der Waals surface area contributed by atoms with Crippen molar-refractivity contribution >= 4 is 17.7 Å². The number of aromatic nitrogens is 2. The molecule has 2 unspecified atom stereocenters. The number of rotatable bonds is 5. The van der Waals surface area contributed by atoms with Crippen molar-refractivity contribution in [3.63, 3.8) is 0 Å². The SMILES string of the molecule is Cc1cnc(SCCC2CCCC2(N)C(=O)O)nc1. The van der Waals surface area contributed by atoms with Gasteiger partial charge in [0.2, 0.25) is 0 Å². The molecule has 1 aliphatic rings. The Morgan fingerprint density at radius 2 is 2.26 bits per heavy atom. The molecule has 0 aliphatic heterocycles. The molecule has 0 spiro atoms. The van der Waals surface area contributed by atoms with Crippen LogP contribution in [0.5, 0.6) is 0 Å². The first-order valence-electron chi connectivity index (χ1n) is 6.46. The highest BCUT2D eigenvalue weighted by molar-refractivity contribution is 7.99. The van der Waals surface area contributed by atoms with Crippen molar-refractivity contribution in [1.29, 1.82) is 0 Å². The molecule has 0 saturated heterocycles. The molecule has 0 bridgehead atoms. The number of carboxylic acid groups (broad SMARTS) is 1. The number of aliphatic carboxylic acids is 1. The third-order valence-electron chi connectivity index (χ3n) is 3.72. The number of hydrogen-bond acceptors (Lipinski definition) is 5. The monoisotopic (exact) mass is 281 g/mol. The van der Waals surface area contributed by atoms with Crippen LogP contribution in [0, 0.1) is 12.8 Å². The second-order valence-electron chi connectivity index (χ2n) is 5.11. The Morgan fingerprint density at radius 3 is 2.89 bits per heavy atom. The predicted octanol–water partition coefficient (Wildman–Crippen LogP) is 1.85. The van der Waals surface area contributed by atoms with Gasteiger partial charge in [-0.1, -0.05) is 18.2 Å². The molecule has 2 atom stereocenters. The van der Waals surface area contributed by atoms with Gasteiger partial charge in [0.15, 0.2) is 5.16 Å². The number of aryl methyl sites for hydroxylation is 1. The number of nitrogens with two attached hydrogens (primary N) is 1. The van der Waals surface area contributed by atoms with Gasteiger partial charge in [-0.15, -0.1) is 0 Å². The van der Waals surface area contributed by atoms with Crippen LogP contribution in [0.15, 0.2) is 17.6 Å². The van der Waals surface area contributed by atoms with Gasteiger partial charge in [0.05, 0.1) is 0 Å². The molecule has 1 heterocycles. The van der Waals surface area contributed by atoms with Gasteiger partial charge in [-0.25, -0.2) is 9.97 Å². The van der Waals surface area contributed by atoms with Crippen LogP contribution < -0.4 is 5.73 Å². The minimum atomic E-state index is -1.03. The fraction of sp³-hybridized carbons (Fsp3) is 0.615. The summed E-state index contributed by atoms with van der Waals surface area (Å²) in [6, 6.07) is 0. The van der Waals surface area contributed by atoms with E-state index in [0.717, 1.165) is 35.7 Å². The highest BCUT2D eigenvalue weighted by atomic mass is 32.2. The summed E-state index contributed by atoms with van der Waals surface area (Å²) in [6.07, 6.45) is 6.76. The van der Waals surface area contributed by atoms with Gasteiger partial charge in [-0.05, 0) is 37.7 Å². The van der Waals surface area contributed by atoms with Crippen molar-refractivity contribution in [3.05, 3.63) is 18.0 Å². The normalized spacial score (nSPS) is 26.5. The third-order valence-corrected chi connectivity index (χ3v) is 4.63. The number of carboxylic acids is 1. The van der Waals surface area contributed by atoms with Gasteiger partial charge in [0.25, 0.3) is 0 Å². The molecule has 1 aromatic rings. The summed E-state index contributed by atoms with van der Waals surface area (Å²) in [5, 5.41) is 9.97. The minimum absolute atomic E-state index is 0.0583. The van der Waals surface area contributed by atoms with Crippen molar-refractivity contribution in [3.8, 4) is 0 Å². The van der Waals surface area contributed by atoms with Gasteiger partial charge < -0.3 is 10.8 Å². The Hall–Kier alpha value is -1.14. The molecular formula is C13H19N3O2S. The lowest BCUT2D eigenvalue weighted by molar-refractivity contribution is -0.144. The molecule has 5 nitrogen and oxygen atoms in total. The minimum Gasteiger partial charge on any atom is -0.480 e. The van der Waals surface area contributed by atoms with Crippen LogP contribution in [0.4, 0.5) is 0 Å². The van der Waals surface area contributed by atoms with E-state index >= 15 is 0 Å². The zero-order chi connectivity index (χ0) is 13.9. The number of nitrogens with zero attached hydrogens (tertiary/aromatic N) is 2. The Labute approximate surface area is 117 Å². The summed E-state index contributed by atoms with van der Waals surface area (Å²) in [5.41, 5.74) is 6.01. The molecule has 3 N–H and O–H groups in total. The maximum absolute atomic E-state index is 11.2. The Balaban J connectivity index is 1.85. The first-order chi connectivity index (χ1) is 9.02. The van der Waals surface area contributed by atoms with Crippen LogP contribution in [-0.2, 0) is 4.79 Å². The van der Waals surface area contributed by atoms with E-state index < -0.39 is 11.5 Å². The fourth-order valence-electron chi connectivity index (χ4n) is 2.53. The van der Waals surface area contributed by atoms with Crippen LogP contribution >= 0.6 is 11.8 Å². The molecule has 6 heteroatoms. The topological polar surface area (TPSA) is 89.1 Å². The maximum Gasteiger partial charge on any atom is 0.323 e. The molecule has 1 fully saturated rings. The van der Waals surface area contributed by atoms with Crippen molar-refractivity contribution in [1.82, 2.24) is 9.97 Å². The molecule has 104 valence electrons. The second-order valence-corrected chi connectivity index (χ2v) is 6.18. The van der Waals surface area contributed by atoms with Crippen LogP contribution in [0.1, 0.15) is 31.2 Å². The summed E-state index contributed by atoms with van der Waals surface area (Å²) in [6.45, 7) is 1.95. The van der Waals surface area contributed by atoms with E-state index in [9.17, 15) is 9.90 Å². The van der Waals surface area contributed by atoms with Crippen LogP contribution in [0.3, 0.4) is 0 Å². The van der Waals surface area contributed by atoms with Gasteiger partial charge >= 0.3 is 5.97 Å². The standard InChI is InChI=1S/C13H19N3O2S/c1-9-7-15-12(16-8-9)19-6-4-10-3-2-5-13(10,14)11(17)18/h7-8,10H,2-6,14H2,1H3,(H,17,18). The zero-order valence-electron chi connectivity index (χ0n) is 11.0. The lowest BCUT2D eigenvalue weighted by Crippen LogP contribution is -2.51. The van der Waals surface area contributed by atoms with Crippen molar-refractivity contribution in [2.75, 3.05) is 5.75 Å². The zero-order valence-corrected chi connectivity index (χ0v) is 11.8. The quantitative estimate of drug-likeness (QED) is 0.632. The molecule has 2 rings (SSSR count). The Kier molecular flexibility index (Phi) is 4.42. The second kappa shape index (κ2) is 5.88. The molecule has 0 radical (unpaired) electrons. The van der Waals surface area contributed by atoms with Gasteiger partial charge in [0.1, 0.15) is 5.54 Å². The highest BCUT2D eigenvalue weighted by Crippen LogP contribution is 2.37. The van der Waals surface area contributed by atoms with E-state index in [0.29, 0.717) is 6.42 Å². The summed E-state index contributed by atoms with van der Waals surface area (Å²) in [7, 11) is 0. The molecule has 19 heavy (non-hydrogen) atoms. The smallest absolute Gasteiger partial charge is 0.323 e. The summed E-state index contributed by atoms with van der Waals surface area (Å²) < 4.78 is 0. The van der Waals surface area contributed by atoms with E-state index in [1.807, 2.05) is 6.92 Å². The van der Waals surface area contributed by atoms with E-state index in [1.165, 1.54) is 0 Å². The first-order valence-corrected chi connectivity index (χ1v) is 7.44. The largest absolute Gasteiger partial charge is 0.480 e. The van der Waals surface area contributed by atoms with Gasteiger partial charge in [-0.3, -0.25) is 4.79 Å². The number of hydrogen-bond donors (Lipinski definition) is 2. The molecule has 0 amide bonds. The number of thioether (sulfide) groups is 1. The van der Waals surface area contributed by atoms with E-state index in [2.05, 4.69) is 9.97 Å². The first kappa shape index (κ1) is 14.3. The lowest BCUT2D eigenvalue weighted by atomic mass is 9.86. The fourth-order valence-corrected chi connectivity index (χ4v) is 3.37. The van der Waals surface area contributed by atoms with Crippen molar-refractivity contribution in [2.45, 2.75) is 43.3 Å². The maximum atomic E-state index is 11.2. The molecule has 1 aromatic heterocycles. The number of carbonyl (C=O) groups is 1. The highest BCUT2D eigenvalue weighted by Gasteiger charge is 2.45. The van der Waals surface area contributed by atoms with Crippen molar-refractivity contribution < 1.29 is 9.90 Å². The van der Waals surface area contributed by atoms with Crippen LogP contribution in [0.2, 0.25) is 0 Å². The molecule has 0 aromatic carbocycles. The summed E-state index contributed by atoms with van der Waals surface area (Å²) in [5.74, 6) is -0.00510. The van der Waals surface area contributed by atoms with E-state index in [1.54, 1.807) is 24.2 Å². The van der Waals surface area contributed by atoms with Crippen LogP contribution in [0.25, 0.3) is 0 Å². The average molecular weight is 281 g/mol. The molecule has 1 aliphatic carbocycles. The third kappa shape index (κ3) is 3.25. The van der Waals surface area contributed by atoms with E-state index in [-0.39, 0.29) is 5.92 Å². The van der Waals surface area contributed by atoms with Gasteiger partial charge in [0, 0.05) is 18.1 Å². The summed E-state index contributed by atoms with van der Waals surface area (Å²) >= 11 is 1.56.